The van der Waals surface area contributed by atoms with E-state index in [1.165, 1.54) is 26.2 Å². The van der Waals surface area contributed by atoms with Crippen LogP contribution in [0, 0.1) is 0 Å². The number of nitrogens with one attached hydrogen (secondary N) is 1. The summed E-state index contributed by atoms with van der Waals surface area (Å²) in [7, 11) is 4.56. The molecule has 0 aliphatic carbocycles. The number of anilines is 2. The molecule has 4 amide bonds. The van der Waals surface area contributed by atoms with Gasteiger partial charge in [-0.2, -0.15) is 0 Å². The summed E-state index contributed by atoms with van der Waals surface area (Å²) in [4.78, 5) is 42.8. The smallest absolute Gasteiger partial charge is 0.332 e. The number of urea groups is 1. The van der Waals surface area contributed by atoms with Gasteiger partial charge in [0.15, 0.2) is 11.5 Å². The topological polar surface area (TPSA) is 107 Å². The Kier molecular flexibility index (Phi) is 8.55. The molecule has 10 nitrogen and oxygen atoms in total. The Labute approximate surface area is 227 Å². The molecule has 0 aromatic heterocycles. The molecular formula is C29H31N3O7. The van der Waals surface area contributed by atoms with Gasteiger partial charge in [0.1, 0.15) is 17.5 Å². The lowest BCUT2D eigenvalue weighted by atomic mass is 10.1. The minimum atomic E-state index is -1.03. The molecule has 1 fully saturated rings. The van der Waals surface area contributed by atoms with Gasteiger partial charge < -0.3 is 29.2 Å². The van der Waals surface area contributed by atoms with Crippen LogP contribution in [0.4, 0.5) is 16.2 Å². The largest absolute Gasteiger partial charge is 0.497 e. The van der Waals surface area contributed by atoms with Crippen LogP contribution in [0.3, 0.4) is 0 Å². The average Bonchev–Trinajstić information content (AvgIpc) is 3.17. The van der Waals surface area contributed by atoms with Crippen molar-refractivity contribution in [1.82, 2.24) is 4.90 Å². The van der Waals surface area contributed by atoms with Gasteiger partial charge >= 0.3 is 6.03 Å². The predicted molar refractivity (Wildman–Crippen MR) is 146 cm³/mol. The summed E-state index contributed by atoms with van der Waals surface area (Å²) >= 11 is 0. The van der Waals surface area contributed by atoms with E-state index in [2.05, 4.69) is 5.32 Å². The minimum absolute atomic E-state index is 0.0758. The Hall–Kier alpha value is -4.73. The first-order valence-corrected chi connectivity index (χ1v) is 12.4. The van der Waals surface area contributed by atoms with Gasteiger partial charge in [0, 0.05) is 18.3 Å². The van der Waals surface area contributed by atoms with E-state index in [-0.39, 0.29) is 13.0 Å². The Bertz CT molecular complexity index is 1340. The molecule has 204 valence electrons. The standard InChI is InChI=1S/C29H31N3O7/c1-5-39-22-12-10-20(11-13-22)30-27(33)17-24-28(34)32(21-7-6-8-23(16-21)36-2)29(35)31(24)18-19-9-14-25(37-3)26(15-19)38-4/h6-16,24H,5,17-18H2,1-4H3,(H,30,33). The lowest BCUT2D eigenvalue weighted by Crippen LogP contribution is -2.37. The number of benzene rings is 3. The molecule has 4 rings (SSSR count). The molecule has 0 radical (unpaired) electrons. The van der Waals surface area contributed by atoms with Gasteiger partial charge in [-0.15, -0.1) is 0 Å². The normalized spacial score (nSPS) is 14.8. The molecule has 1 heterocycles. The van der Waals surface area contributed by atoms with Crippen molar-refractivity contribution in [1.29, 1.82) is 0 Å². The van der Waals surface area contributed by atoms with Gasteiger partial charge in [-0.3, -0.25) is 9.59 Å². The number of nitrogens with zero attached hydrogens (tertiary/aromatic N) is 2. The Morgan fingerprint density at radius 3 is 2.28 bits per heavy atom. The molecule has 10 heteroatoms. The number of amides is 4. The first-order valence-electron chi connectivity index (χ1n) is 12.4. The highest BCUT2D eigenvalue weighted by Gasteiger charge is 2.46. The van der Waals surface area contributed by atoms with E-state index in [4.69, 9.17) is 18.9 Å². The molecule has 0 bridgehead atoms. The number of carbonyl (C=O) groups excluding carboxylic acids is 3. The number of hydrogen-bond acceptors (Lipinski definition) is 7. The number of ether oxygens (including phenoxy) is 4. The van der Waals surface area contributed by atoms with Gasteiger partial charge in [-0.25, -0.2) is 9.69 Å². The van der Waals surface area contributed by atoms with Crippen LogP contribution < -0.4 is 29.2 Å². The van der Waals surface area contributed by atoms with Crippen LogP contribution >= 0.6 is 0 Å². The average molecular weight is 534 g/mol. The molecule has 3 aromatic carbocycles. The fourth-order valence-electron chi connectivity index (χ4n) is 4.37. The summed E-state index contributed by atoms with van der Waals surface area (Å²) in [6.45, 7) is 2.49. The molecule has 0 saturated carbocycles. The fraction of sp³-hybridized carbons (Fsp3) is 0.276. The van der Waals surface area contributed by atoms with E-state index in [0.29, 0.717) is 46.5 Å². The third-order valence-electron chi connectivity index (χ3n) is 6.26. The van der Waals surface area contributed by atoms with Gasteiger partial charge in [0.25, 0.3) is 5.91 Å². The summed E-state index contributed by atoms with van der Waals surface area (Å²) < 4.78 is 21.4. The Morgan fingerprint density at radius 2 is 1.62 bits per heavy atom. The zero-order valence-corrected chi connectivity index (χ0v) is 22.3. The van der Waals surface area contributed by atoms with Crippen molar-refractivity contribution >= 4 is 29.2 Å². The molecule has 1 atom stereocenters. The van der Waals surface area contributed by atoms with Gasteiger partial charge in [0.2, 0.25) is 5.91 Å². The summed E-state index contributed by atoms with van der Waals surface area (Å²) in [5, 5.41) is 2.80. The monoisotopic (exact) mass is 533 g/mol. The highest BCUT2D eigenvalue weighted by Crippen LogP contribution is 2.33. The summed E-state index contributed by atoms with van der Waals surface area (Å²) in [6, 6.07) is 17.3. The maximum absolute atomic E-state index is 13.6. The number of hydrogen-bond donors (Lipinski definition) is 1. The molecule has 3 aromatic rings. The van der Waals surface area contributed by atoms with Crippen LogP contribution in [-0.2, 0) is 16.1 Å². The highest BCUT2D eigenvalue weighted by molar-refractivity contribution is 6.22. The second-order valence-electron chi connectivity index (χ2n) is 8.70. The van der Waals surface area contributed by atoms with Gasteiger partial charge in [-0.1, -0.05) is 12.1 Å². The zero-order valence-electron chi connectivity index (χ0n) is 22.3. The van der Waals surface area contributed by atoms with E-state index in [9.17, 15) is 14.4 Å². The number of carbonyl (C=O) groups is 3. The molecular weight excluding hydrogens is 502 g/mol. The van der Waals surface area contributed by atoms with Crippen LogP contribution in [0.15, 0.2) is 66.7 Å². The van der Waals surface area contributed by atoms with Crippen molar-refractivity contribution in [3.8, 4) is 23.0 Å². The number of rotatable bonds is 11. The fourth-order valence-corrected chi connectivity index (χ4v) is 4.37. The van der Waals surface area contributed by atoms with Crippen molar-refractivity contribution in [2.24, 2.45) is 0 Å². The molecule has 1 aliphatic rings. The first-order chi connectivity index (χ1) is 18.9. The van der Waals surface area contributed by atoms with Crippen LogP contribution in [-0.4, -0.2) is 56.7 Å². The predicted octanol–water partition coefficient (Wildman–Crippen LogP) is 4.48. The molecule has 1 unspecified atom stereocenters. The van der Waals surface area contributed by atoms with Crippen LogP contribution in [0.1, 0.15) is 18.9 Å². The second kappa shape index (κ2) is 12.2. The van der Waals surface area contributed by atoms with Gasteiger partial charge in [0.05, 0.1) is 40.0 Å². The third-order valence-corrected chi connectivity index (χ3v) is 6.26. The minimum Gasteiger partial charge on any atom is -0.497 e. The molecule has 0 spiro atoms. The van der Waals surface area contributed by atoms with Crippen molar-refractivity contribution < 1.29 is 33.3 Å². The van der Waals surface area contributed by atoms with Crippen molar-refractivity contribution in [3.05, 3.63) is 72.3 Å². The molecule has 1 saturated heterocycles. The summed E-state index contributed by atoms with van der Waals surface area (Å²) in [5.74, 6) is 1.29. The van der Waals surface area contributed by atoms with Crippen molar-refractivity contribution in [2.75, 3.05) is 38.2 Å². The van der Waals surface area contributed by atoms with E-state index in [0.717, 1.165) is 4.90 Å². The maximum atomic E-state index is 13.6. The Balaban J connectivity index is 1.61. The van der Waals surface area contributed by atoms with Crippen LogP contribution in [0.5, 0.6) is 23.0 Å². The third kappa shape index (κ3) is 6.06. The van der Waals surface area contributed by atoms with Crippen LogP contribution in [0.2, 0.25) is 0 Å². The summed E-state index contributed by atoms with van der Waals surface area (Å²) in [5.41, 5.74) is 1.62. The number of methoxy groups -OCH3 is 3. The lowest BCUT2D eigenvalue weighted by molar-refractivity contribution is -0.124. The first kappa shape index (κ1) is 27.3. The highest BCUT2D eigenvalue weighted by atomic mass is 16.5. The Morgan fingerprint density at radius 1 is 0.872 bits per heavy atom. The van der Waals surface area contributed by atoms with E-state index in [1.54, 1.807) is 66.7 Å². The number of imide groups is 1. The molecule has 1 N–H and O–H groups in total. The van der Waals surface area contributed by atoms with Crippen molar-refractivity contribution in [3.63, 3.8) is 0 Å². The zero-order chi connectivity index (χ0) is 27.9. The van der Waals surface area contributed by atoms with E-state index in [1.807, 2.05) is 6.92 Å². The summed E-state index contributed by atoms with van der Waals surface area (Å²) in [6.07, 6.45) is -0.231. The van der Waals surface area contributed by atoms with E-state index >= 15 is 0 Å². The van der Waals surface area contributed by atoms with Gasteiger partial charge in [-0.05, 0) is 61.0 Å². The quantitative estimate of drug-likeness (QED) is 0.362. The molecule has 39 heavy (non-hydrogen) atoms. The lowest BCUT2D eigenvalue weighted by Gasteiger charge is -2.22. The SMILES string of the molecule is CCOc1ccc(NC(=O)CC2C(=O)N(c3cccc(OC)c3)C(=O)N2Cc2ccc(OC)c(OC)c2)cc1. The van der Waals surface area contributed by atoms with Crippen LogP contribution in [0.25, 0.3) is 0 Å². The van der Waals surface area contributed by atoms with E-state index < -0.39 is 23.9 Å². The second-order valence-corrected chi connectivity index (χ2v) is 8.70. The van der Waals surface area contributed by atoms with Crippen molar-refractivity contribution in [2.45, 2.75) is 25.9 Å². The molecule has 1 aliphatic heterocycles. The maximum Gasteiger partial charge on any atom is 0.332 e.